The number of hydrogen-bond donors (Lipinski definition) is 2. The largest absolute Gasteiger partial charge is 0.466 e. The lowest BCUT2D eigenvalue weighted by atomic mass is 10.2. The van der Waals surface area contributed by atoms with Gasteiger partial charge in [-0.25, -0.2) is 0 Å². The number of carbonyl (C=O) groups is 1. The van der Waals surface area contributed by atoms with Crippen LogP contribution in [0, 0.1) is 0 Å². The molecule has 7 heteroatoms. The molecule has 0 aliphatic heterocycles. The van der Waals surface area contributed by atoms with E-state index in [1.165, 1.54) is 0 Å². The number of aliphatic hydroxyl groups is 1. The molecular formula is C10H18N4O3. The van der Waals surface area contributed by atoms with Gasteiger partial charge in [0.1, 0.15) is 0 Å². The van der Waals surface area contributed by atoms with Crippen LogP contribution in [0.25, 0.3) is 0 Å². The van der Waals surface area contributed by atoms with Crippen molar-refractivity contribution in [1.82, 2.24) is 20.3 Å². The molecule has 0 aromatic carbocycles. The van der Waals surface area contributed by atoms with Crippen LogP contribution in [0.1, 0.15) is 13.3 Å². The number of nitrogens with one attached hydrogen (secondary N) is 1. The van der Waals surface area contributed by atoms with E-state index in [0.717, 1.165) is 0 Å². The lowest BCUT2D eigenvalue weighted by Crippen LogP contribution is -2.31. The van der Waals surface area contributed by atoms with Crippen LogP contribution < -0.4 is 5.32 Å². The molecular weight excluding hydrogens is 224 g/mol. The number of carbonyl (C=O) groups excluding carboxylic acids is 1. The first kappa shape index (κ1) is 13.6. The molecule has 1 aromatic rings. The summed E-state index contributed by atoms with van der Waals surface area (Å²) in [5, 5.41) is 20.0. The lowest BCUT2D eigenvalue weighted by molar-refractivity contribution is -0.145. The van der Waals surface area contributed by atoms with E-state index in [9.17, 15) is 9.90 Å². The minimum atomic E-state index is -0.718. The molecule has 1 rings (SSSR count). The van der Waals surface area contributed by atoms with Gasteiger partial charge in [-0.15, -0.1) is 5.10 Å². The maximum Gasteiger partial charge on any atom is 0.308 e. The molecule has 1 atom stereocenters. The summed E-state index contributed by atoms with van der Waals surface area (Å²) in [6.45, 7) is 3.76. The first-order chi connectivity index (χ1) is 8.22. The molecule has 1 unspecified atom stereocenters. The second-order valence-electron chi connectivity index (χ2n) is 3.53. The minimum Gasteiger partial charge on any atom is -0.466 e. The Labute approximate surface area is 99.8 Å². The van der Waals surface area contributed by atoms with Gasteiger partial charge in [0.25, 0.3) is 0 Å². The predicted octanol–water partition coefficient (Wildman–Crippen LogP) is -0.818. The van der Waals surface area contributed by atoms with Crippen molar-refractivity contribution in [3.8, 4) is 0 Å². The van der Waals surface area contributed by atoms with Gasteiger partial charge < -0.3 is 15.2 Å². The number of rotatable bonds is 8. The van der Waals surface area contributed by atoms with Gasteiger partial charge in [-0.05, 0) is 6.92 Å². The van der Waals surface area contributed by atoms with E-state index in [4.69, 9.17) is 4.74 Å². The highest BCUT2D eigenvalue weighted by molar-refractivity contribution is 5.69. The van der Waals surface area contributed by atoms with E-state index in [-0.39, 0.29) is 12.4 Å². The summed E-state index contributed by atoms with van der Waals surface area (Å²) < 4.78 is 6.41. The van der Waals surface area contributed by atoms with Crippen molar-refractivity contribution in [2.75, 3.05) is 19.7 Å². The van der Waals surface area contributed by atoms with Gasteiger partial charge in [-0.3, -0.25) is 9.48 Å². The Balaban J connectivity index is 2.04. The molecule has 0 bridgehead atoms. The standard InChI is InChI=1S/C10H18N4O3/c1-2-17-10(16)7-9(15)8-11-3-5-14-6-4-12-13-14/h4,6,9,11,15H,2-3,5,7-8H2,1H3. The van der Waals surface area contributed by atoms with Crippen molar-refractivity contribution in [3.63, 3.8) is 0 Å². The van der Waals surface area contributed by atoms with Gasteiger partial charge >= 0.3 is 5.97 Å². The summed E-state index contributed by atoms with van der Waals surface area (Å²) in [7, 11) is 0. The van der Waals surface area contributed by atoms with Crippen LogP contribution in [0.3, 0.4) is 0 Å². The summed E-state index contributed by atoms with van der Waals surface area (Å²) >= 11 is 0. The van der Waals surface area contributed by atoms with Crippen LogP contribution in [-0.2, 0) is 16.1 Å². The molecule has 0 saturated heterocycles. The van der Waals surface area contributed by atoms with Crippen molar-refractivity contribution in [2.24, 2.45) is 0 Å². The SMILES string of the molecule is CCOC(=O)CC(O)CNCCn1ccnn1. The summed E-state index contributed by atoms with van der Waals surface area (Å²) in [6.07, 6.45) is 2.67. The van der Waals surface area contributed by atoms with E-state index in [1.807, 2.05) is 0 Å². The molecule has 7 nitrogen and oxygen atoms in total. The molecule has 2 N–H and O–H groups in total. The fourth-order valence-electron chi connectivity index (χ4n) is 1.30. The van der Waals surface area contributed by atoms with E-state index in [0.29, 0.717) is 26.2 Å². The maximum atomic E-state index is 11.0. The second kappa shape index (κ2) is 7.75. The smallest absolute Gasteiger partial charge is 0.308 e. The Kier molecular flexibility index (Phi) is 6.19. The minimum absolute atomic E-state index is 0.0180. The molecule has 0 amide bonds. The third-order valence-electron chi connectivity index (χ3n) is 2.08. The normalized spacial score (nSPS) is 12.4. The Bertz CT molecular complexity index is 315. The molecule has 17 heavy (non-hydrogen) atoms. The van der Waals surface area contributed by atoms with Gasteiger partial charge in [0.2, 0.25) is 0 Å². The zero-order valence-corrected chi connectivity index (χ0v) is 9.87. The Morgan fingerprint density at radius 3 is 3.12 bits per heavy atom. The molecule has 0 spiro atoms. The zero-order chi connectivity index (χ0) is 12.5. The molecule has 0 aliphatic carbocycles. The number of aromatic nitrogens is 3. The molecule has 1 heterocycles. The molecule has 0 saturated carbocycles. The number of ether oxygens (including phenoxy) is 1. The van der Waals surface area contributed by atoms with Gasteiger partial charge in [0.15, 0.2) is 0 Å². The summed E-state index contributed by atoms with van der Waals surface area (Å²) in [6, 6.07) is 0. The van der Waals surface area contributed by atoms with Crippen molar-refractivity contribution in [1.29, 1.82) is 0 Å². The van der Waals surface area contributed by atoms with Crippen LogP contribution in [0.15, 0.2) is 12.4 Å². The highest BCUT2D eigenvalue weighted by atomic mass is 16.5. The Morgan fingerprint density at radius 1 is 1.65 bits per heavy atom. The monoisotopic (exact) mass is 242 g/mol. The van der Waals surface area contributed by atoms with E-state index in [2.05, 4.69) is 15.6 Å². The quantitative estimate of drug-likeness (QED) is 0.457. The average Bonchev–Trinajstić information content (AvgIpc) is 2.77. The number of esters is 1. The Morgan fingerprint density at radius 2 is 2.47 bits per heavy atom. The highest BCUT2D eigenvalue weighted by Gasteiger charge is 2.10. The van der Waals surface area contributed by atoms with Crippen molar-refractivity contribution in [3.05, 3.63) is 12.4 Å². The van der Waals surface area contributed by atoms with Gasteiger partial charge in [-0.1, -0.05) is 5.21 Å². The van der Waals surface area contributed by atoms with Gasteiger partial charge in [0, 0.05) is 19.3 Å². The topological polar surface area (TPSA) is 89.3 Å². The fraction of sp³-hybridized carbons (Fsp3) is 0.700. The van der Waals surface area contributed by atoms with E-state index >= 15 is 0 Å². The molecule has 0 radical (unpaired) electrons. The fourth-order valence-corrected chi connectivity index (χ4v) is 1.30. The van der Waals surface area contributed by atoms with Crippen LogP contribution in [0.4, 0.5) is 0 Å². The van der Waals surface area contributed by atoms with Crippen molar-refractivity contribution >= 4 is 5.97 Å². The van der Waals surface area contributed by atoms with Crippen molar-refractivity contribution in [2.45, 2.75) is 26.0 Å². The Hall–Kier alpha value is -1.47. The second-order valence-corrected chi connectivity index (χ2v) is 3.53. The first-order valence-electron chi connectivity index (χ1n) is 5.61. The molecule has 96 valence electrons. The van der Waals surface area contributed by atoms with Crippen LogP contribution in [0.2, 0.25) is 0 Å². The van der Waals surface area contributed by atoms with Crippen LogP contribution in [0.5, 0.6) is 0 Å². The summed E-state index contributed by atoms with van der Waals surface area (Å²) in [4.78, 5) is 11.0. The summed E-state index contributed by atoms with van der Waals surface area (Å²) in [5.74, 6) is -0.377. The highest BCUT2D eigenvalue weighted by Crippen LogP contribution is 1.93. The number of nitrogens with zero attached hydrogens (tertiary/aromatic N) is 3. The molecule has 1 aromatic heterocycles. The molecule has 0 fully saturated rings. The van der Waals surface area contributed by atoms with Crippen molar-refractivity contribution < 1.29 is 14.6 Å². The number of aliphatic hydroxyl groups excluding tert-OH is 1. The van der Waals surface area contributed by atoms with Gasteiger partial charge in [0.05, 0.1) is 31.9 Å². The van der Waals surface area contributed by atoms with Gasteiger partial charge in [-0.2, -0.15) is 0 Å². The summed E-state index contributed by atoms with van der Waals surface area (Å²) in [5.41, 5.74) is 0. The molecule has 0 aliphatic rings. The maximum absolute atomic E-state index is 11.0. The first-order valence-corrected chi connectivity index (χ1v) is 5.61. The average molecular weight is 242 g/mol. The van der Waals surface area contributed by atoms with Crippen LogP contribution in [-0.4, -0.2) is 51.9 Å². The van der Waals surface area contributed by atoms with E-state index < -0.39 is 6.10 Å². The van der Waals surface area contributed by atoms with Crippen LogP contribution >= 0.6 is 0 Å². The third-order valence-corrected chi connectivity index (χ3v) is 2.08. The third kappa shape index (κ3) is 5.98. The predicted molar refractivity (Wildman–Crippen MR) is 60.1 cm³/mol. The zero-order valence-electron chi connectivity index (χ0n) is 9.87. The number of hydrogen-bond acceptors (Lipinski definition) is 6. The van der Waals surface area contributed by atoms with E-state index in [1.54, 1.807) is 24.0 Å². The lowest BCUT2D eigenvalue weighted by Gasteiger charge is -2.10.